The minimum absolute atomic E-state index is 0.0409. The van der Waals surface area contributed by atoms with Crippen LogP contribution in [0, 0.1) is 0 Å². The van der Waals surface area contributed by atoms with E-state index in [0.717, 1.165) is 36.1 Å². The van der Waals surface area contributed by atoms with E-state index < -0.39 is 5.91 Å². The highest BCUT2D eigenvalue weighted by molar-refractivity contribution is 7.17. The van der Waals surface area contributed by atoms with Gasteiger partial charge in [-0.25, -0.2) is 0 Å². The molecule has 0 radical (unpaired) electrons. The van der Waals surface area contributed by atoms with Crippen LogP contribution in [0.1, 0.15) is 39.2 Å². The Labute approximate surface area is 153 Å². The minimum Gasteiger partial charge on any atom is -0.365 e. The normalized spacial score (nSPS) is 13.4. The van der Waals surface area contributed by atoms with Crippen LogP contribution in [0.25, 0.3) is 0 Å². The molecule has 1 aliphatic carbocycles. The molecule has 2 amide bonds. The molecular weight excluding hydrogens is 367 g/mol. The van der Waals surface area contributed by atoms with Crippen molar-refractivity contribution in [3.8, 4) is 0 Å². The summed E-state index contributed by atoms with van der Waals surface area (Å²) in [5.41, 5.74) is 7.55. The van der Waals surface area contributed by atoms with Gasteiger partial charge in [-0.3, -0.25) is 9.59 Å². The lowest BCUT2D eigenvalue weighted by Gasteiger charge is -2.11. The lowest BCUT2D eigenvalue weighted by atomic mass is 9.95. The van der Waals surface area contributed by atoms with E-state index in [2.05, 4.69) is 5.32 Å². The number of rotatable bonds is 4. The maximum atomic E-state index is 12.4. The molecule has 0 atom stereocenters. The molecule has 0 saturated carbocycles. The number of aryl methyl sites for hydroxylation is 1. The molecule has 0 bridgehead atoms. The number of carbonyl (C=O) groups is 2. The van der Waals surface area contributed by atoms with Crippen molar-refractivity contribution in [3.63, 3.8) is 0 Å². The quantitative estimate of drug-likeness (QED) is 0.830. The Bertz CT molecular complexity index is 797. The minimum atomic E-state index is -0.500. The molecule has 0 unspecified atom stereocenters. The molecule has 2 aromatic rings. The molecule has 0 spiro atoms. The summed E-state index contributed by atoms with van der Waals surface area (Å²) in [7, 11) is 0. The monoisotopic (exact) mass is 382 g/mol. The van der Waals surface area contributed by atoms with Gasteiger partial charge < -0.3 is 11.1 Å². The van der Waals surface area contributed by atoms with Gasteiger partial charge in [0.25, 0.3) is 5.91 Å². The van der Waals surface area contributed by atoms with Crippen LogP contribution in [0.5, 0.6) is 0 Å². The van der Waals surface area contributed by atoms with Crippen LogP contribution in [-0.2, 0) is 24.1 Å². The largest absolute Gasteiger partial charge is 0.365 e. The van der Waals surface area contributed by atoms with Crippen molar-refractivity contribution in [2.45, 2.75) is 32.1 Å². The Balaban J connectivity index is 1.84. The van der Waals surface area contributed by atoms with E-state index in [1.54, 1.807) is 18.2 Å². The first-order valence-electron chi connectivity index (χ1n) is 7.64. The molecule has 3 N–H and O–H groups in total. The number of thiophene rings is 1. The number of primary amides is 1. The van der Waals surface area contributed by atoms with Crippen molar-refractivity contribution in [2.75, 3.05) is 5.32 Å². The van der Waals surface area contributed by atoms with Crippen LogP contribution < -0.4 is 11.1 Å². The molecule has 4 nitrogen and oxygen atoms in total. The highest BCUT2D eigenvalue weighted by Crippen LogP contribution is 2.38. The molecule has 126 valence electrons. The predicted molar refractivity (Wildman–Crippen MR) is 98.3 cm³/mol. The first kappa shape index (κ1) is 17.3. The average Bonchev–Trinajstić information content (AvgIpc) is 2.89. The number of carbonyl (C=O) groups excluding carboxylic acids is 2. The molecular formula is C17H16Cl2N2O2S. The van der Waals surface area contributed by atoms with Crippen molar-refractivity contribution < 1.29 is 9.59 Å². The molecule has 7 heteroatoms. The molecule has 1 aromatic heterocycles. The SMILES string of the molecule is NC(=O)c1c(NC(=O)Cc2c(Cl)cccc2Cl)sc2c1CCCC2. The Kier molecular flexibility index (Phi) is 5.13. The van der Waals surface area contributed by atoms with E-state index in [1.165, 1.54) is 11.3 Å². The van der Waals surface area contributed by atoms with Gasteiger partial charge in [-0.15, -0.1) is 11.3 Å². The fourth-order valence-corrected chi connectivity index (χ4v) is 4.79. The highest BCUT2D eigenvalue weighted by Gasteiger charge is 2.25. The summed E-state index contributed by atoms with van der Waals surface area (Å²) in [6, 6.07) is 5.11. The van der Waals surface area contributed by atoms with Crippen LogP contribution in [0.15, 0.2) is 18.2 Å². The van der Waals surface area contributed by atoms with Crippen molar-refractivity contribution >= 4 is 51.4 Å². The molecule has 0 fully saturated rings. The Morgan fingerprint density at radius 2 is 1.83 bits per heavy atom. The van der Waals surface area contributed by atoms with E-state index in [4.69, 9.17) is 28.9 Å². The van der Waals surface area contributed by atoms with Gasteiger partial charge in [0.1, 0.15) is 5.00 Å². The Morgan fingerprint density at radius 3 is 2.50 bits per heavy atom. The smallest absolute Gasteiger partial charge is 0.251 e. The van der Waals surface area contributed by atoms with Crippen LogP contribution in [-0.4, -0.2) is 11.8 Å². The maximum absolute atomic E-state index is 12.4. The lowest BCUT2D eigenvalue weighted by Crippen LogP contribution is -2.19. The molecule has 1 heterocycles. The second-order valence-electron chi connectivity index (χ2n) is 5.70. The van der Waals surface area contributed by atoms with Crippen LogP contribution in [0.3, 0.4) is 0 Å². The van der Waals surface area contributed by atoms with E-state index in [9.17, 15) is 9.59 Å². The molecule has 24 heavy (non-hydrogen) atoms. The lowest BCUT2D eigenvalue weighted by molar-refractivity contribution is -0.115. The molecule has 1 aliphatic rings. The second kappa shape index (κ2) is 7.13. The summed E-state index contributed by atoms with van der Waals surface area (Å²) in [5.74, 6) is -0.772. The van der Waals surface area contributed by atoms with Crippen molar-refractivity contribution in [1.29, 1.82) is 0 Å². The van der Waals surface area contributed by atoms with E-state index in [-0.39, 0.29) is 12.3 Å². The van der Waals surface area contributed by atoms with Gasteiger partial charge >= 0.3 is 0 Å². The van der Waals surface area contributed by atoms with Gasteiger partial charge in [0.05, 0.1) is 12.0 Å². The van der Waals surface area contributed by atoms with Gasteiger partial charge in [0, 0.05) is 14.9 Å². The second-order valence-corrected chi connectivity index (χ2v) is 7.62. The van der Waals surface area contributed by atoms with Gasteiger partial charge in [-0.05, 0) is 48.9 Å². The topological polar surface area (TPSA) is 72.2 Å². The van der Waals surface area contributed by atoms with Crippen LogP contribution in [0.4, 0.5) is 5.00 Å². The zero-order chi connectivity index (χ0) is 17.3. The molecule has 1 aromatic carbocycles. The number of amides is 2. The summed E-state index contributed by atoms with van der Waals surface area (Å²) >= 11 is 13.6. The van der Waals surface area contributed by atoms with E-state index in [1.807, 2.05) is 0 Å². The standard InChI is InChI=1S/C17H16Cl2N2O2S/c18-11-5-3-6-12(19)10(11)8-14(22)21-17-15(16(20)23)9-4-1-2-7-13(9)24-17/h3,5-6H,1-2,4,7-8H2,(H2,20,23)(H,21,22). The number of fused-ring (bicyclic) bond motifs is 1. The third kappa shape index (κ3) is 3.43. The van der Waals surface area contributed by atoms with Crippen molar-refractivity contribution in [1.82, 2.24) is 0 Å². The molecule has 0 saturated heterocycles. The number of nitrogens with two attached hydrogens (primary N) is 1. The first-order valence-corrected chi connectivity index (χ1v) is 9.21. The number of hydrogen-bond donors (Lipinski definition) is 2. The predicted octanol–water partition coefficient (Wildman–Crippen LogP) is 4.21. The number of hydrogen-bond acceptors (Lipinski definition) is 3. The number of nitrogens with one attached hydrogen (secondary N) is 1. The third-order valence-corrected chi connectivity index (χ3v) is 5.99. The Hall–Kier alpha value is -1.56. The number of halogens is 2. The van der Waals surface area contributed by atoms with Gasteiger partial charge in [-0.2, -0.15) is 0 Å². The maximum Gasteiger partial charge on any atom is 0.251 e. The van der Waals surface area contributed by atoms with Gasteiger partial charge in [-0.1, -0.05) is 29.3 Å². The van der Waals surface area contributed by atoms with Gasteiger partial charge in [0.15, 0.2) is 0 Å². The average molecular weight is 383 g/mol. The fourth-order valence-electron chi connectivity index (χ4n) is 2.95. The van der Waals surface area contributed by atoms with Crippen LogP contribution >= 0.6 is 34.5 Å². The van der Waals surface area contributed by atoms with Gasteiger partial charge in [0.2, 0.25) is 5.91 Å². The third-order valence-electron chi connectivity index (χ3n) is 4.07. The highest BCUT2D eigenvalue weighted by atomic mass is 35.5. The summed E-state index contributed by atoms with van der Waals surface area (Å²) in [6.45, 7) is 0. The van der Waals surface area contributed by atoms with Crippen LogP contribution in [0.2, 0.25) is 10.0 Å². The number of benzene rings is 1. The molecule has 0 aliphatic heterocycles. The summed E-state index contributed by atoms with van der Waals surface area (Å²) in [6.07, 6.45) is 3.92. The fraction of sp³-hybridized carbons (Fsp3) is 0.294. The van der Waals surface area contributed by atoms with Crippen molar-refractivity contribution in [2.24, 2.45) is 5.73 Å². The summed E-state index contributed by atoms with van der Waals surface area (Å²) < 4.78 is 0. The Morgan fingerprint density at radius 1 is 1.17 bits per heavy atom. The summed E-state index contributed by atoms with van der Waals surface area (Å²) in [5, 5.41) is 4.23. The zero-order valence-corrected chi connectivity index (χ0v) is 15.2. The summed E-state index contributed by atoms with van der Waals surface area (Å²) in [4.78, 5) is 25.4. The van der Waals surface area contributed by atoms with E-state index >= 15 is 0 Å². The first-order chi connectivity index (χ1) is 11.5. The van der Waals surface area contributed by atoms with E-state index in [0.29, 0.717) is 26.2 Å². The zero-order valence-electron chi connectivity index (χ0n) is 12.8. The van der Waals surface area contributed by atoms with Crippen molar-refractivity contribution in [3.05, 3.63) is 49.8 Å². The molecule has 3 rings (SSSR count). The number of anilines is 1.